The van der Waals surface area contributed by atoms with E-state index in [1.165, 1.54) is 0 Å². The minimum atomic E-state index is -0.515. The van der Waals surface area contributed by atoms with E-state index < -0.39 is 5.79 Å². The Labute approximate surface area is 107 Å². The van der Waals surface area contributed by atoms with Crippen LogP contribution in [-0.2, 0) is 14.2 Å². The standard InChI is InChI=1S/C13H19ClO3/c1-5-13-7(2)15-9(8(13)6-14)10-11(13)17-12(3,4)16-10/h6-7,9-11H,5H2,1-4H3/t7-,9+,10+,11+,13-/m1/s1. The third-order valence-electron chi connectivity index (χ3n) is 4.56. The molecule has 1 aliphatic carbocycles. The number of fused-ring (bicyclic) bond motifs is 5. The van der Waals surface area contributed by atoms with Crippen LogP contribution in [0.5, 0.6) is 0 Å². The highest BCUT2D eigenvalue weighted by molar-refractivity contribution is 6.25. The lowest BCUT2D eigenvalue weighted by atomic mass is 9.75. The van der Waals surface area contributed by atoms with Crippen molar-refractivity contribution in [1.29, 1.82) is 0 Å². The van der Waals surface area contributed by atoms with Gasteiger partial charge in [-0.15, -0.1) is 0 Å². The van der Waals surface area contributed by atoms with E-state index in [1.54, 1.807) is 5.54 Å². The normalized spacial score (nSPS) is 53.4. The molecule has 3 fully saturated rings. The Kier molecular flexibility index (Phi) is 2.45. The number of hydrogen-bond acceptors (Lipinski definition) is 3. The van der Waals surface area contributed by atoms with Gasteiger partial charge in [0.2, 0.25) is 0 Å². The topological polar surface area (TPSA) is 27.7 Å². The number of ether oxygens (including phenoxy) is 3. The van der Waals surface area contributed by atoms with E-state index in [2.05, 4.69) is 13.8 Å². The van der Waals surface area contributed by atoms with Crippen molar-refractivity contribution in [3.05, 3.63) is 11.1 Å². The second-order valence-corrected chi connectivity index (χ2v) is 5.90. The molecule has 0 aromatic rings. The lowest BCUT2D eigenvalue weighted by Gasteiger charge is -2.37. The van der Waals surface area contributed by atoms with E-state index in [9.17, 15) is 0 Å². The first kappa shape index (κ1) is 12.0. The summed E-state index contributed by atoms with van der Waals surface area (Å²) >= 11 is 6.00. The molecule has 0 radical (unpaired) electrons. The fourth-order valence-electron chi connectivity index (χ4n) is 3.83. The van der Waals surface area contributed by atoms with Gasteiger partial charge in [0.1, 0.15) is 18.3 Å². The average Bonchev–Trinajstić information content (AvgIpc) is 2.79. The zero-order chi connectivity index (χ0) is 12.4. The molecule has 0 amide bonds. The van der Waals surface area contributed by atoms with E-state index in [0.717, 1.165) is 12.0 Å². The van der Waals surface area contributed by atoms with Crippen molar-refractivity contribution in [2.45, 2.75) is 64.3 Å². The Balaban J connectivity index is 2.07. The van der Waals surface area contributed by atoms with Gasteiger partial charge in [-0.05, 0) is 32.8 Å². The van der Waals surface area contributed by atoms with Gasteiger partial charge in [-0.2, -0.15) is 0 Å². The molecule has 2 heterocycles. The fraction of sp³-hybridized carbons (Fsp3) is 0.846. The maximum atomic E-state index is 6.10. The van der Waals surface area contributed by atoms with Gasteiger partial charge in [-0.3, -0.25) is 0 Å². The van der Waals surface area contributed by atoms with Crippen LogP contribution in [0, 0.1) is 5.41 Å². The van der Waals surface area contributed by atoms with Gasteiger partial charge in [0.25, 0.3) is 0 Å². The Bertz CT molecular complexity index is 379. The molecule has 0 N–H and O–H groups in total. The van der Waals surface area contributed by atoms with Crippen molar-refractivity contribution < 1.29 is 14.2 Å². The van der Waals surface area contributed by atoms with Crippen LogP contribution in [0.2, 0.25) is 0 Å². The minimum Gasteiger partial charge on any atom is -0.367 e. The zero-order valence-electron chi connectivity index (χ0n) is 10.7. The van der Waals surface area contributed by atoms with E-state index in [4.69, 9.17) is 25.8 Å². The van der Waals surface area contributed by atoms with Gasteiger partial charge in [-0.1, -0.05) is 18.5 Å². The second kappa shape index (κ2) is 3.47. The Morgan fingerprint density at radius 1 is 1.35 bits per heavy atom. The molecule has 2 saturated heterocycles. The Hall–Kier alpha value is -0.0900. The van der Waals surface area contributed by atoms with Crippen molar-refractivity contribution in [2.75, 3.05) is 0 Å². The summed E-state index contributed by atoms with van der Waals surface area (Å²) in [6.45, 7) is 8.19. The number of halogens is 1. The van der Waals surface area contributed by atoms with Crippen LogP contribution >= 0.6 is 11.6 Å². The van der Waals surface area contributed by atoms with Crippen LogP contribution in [0.25, 0.3) is 0 Å². The first-order chi connectivity index (χ1) is 7.96. The summed E-state index contributed by atoms with van der Waals surface area (Å²) in [5.41, 5.74) is 2.72. The maximum Gasteiger partial charge on any atom is 0.163 e. The van der Waals surface area contributed by atoms with Crippen molar-refractivity contribution in [2.24, 2.45) is 5.41 Å². The molecule has 0 spiro atoms. The predicted octanol–water partition coefficient (Wildman–Crippen LogP) is 2.83. The number of hydrogen-bond donors (Lipinski definition) is 0. The summed E-state index contributed by atoms with van der Waals surface area (Å²) in [6.07, 6.45) is 1.13. The van der Waals surface area contributed by atoms with Crippen molar-refractivity contribution >= 4 is 11.6 Å². The molecular weight excluding hydrogens is 240 g/mol. The number of rotatable bonds is 1. The minimum absolute atomic E-state index is 0.00819. The first-order valence-corrected chi connectivity index (χ1v) is 6.72. The Morgan fingerprint density at radius 2 is 2.06 bits per heavy atom. The highest BCUT2D eigenvalue weighted by atomic mass is 35.5. The summed E-state index contributed by atoms with van der Waals surface area (Å²) in [4.78, 5) is 0. The molecular formula is C13H19ClO3. The van der Waals surface area contributed by atoms with Crippen LogP contribution in [0.1, 0.15) is 34.1 Å². The van der Waals surface area contributed by atoms with Gasteiger partial charge in [-0.25, -0.2) is 0 Å². The van der Waals surface area contributed by atoms with E-state index in [0.29, 0.717) is 0 Å². The predicted molar refractivity (Wildman–Crippen MR) is 64.8 cm³/mol. The van der Waals surface area contributed by atoms with Crippen molar-refractivity contribution in [3.63, 3.8) is 0 Å². The summed E-state index contributed by atoms with van der Waals surface area (Å²) in [5.74, 6) is -0.515. The maximum absolute atomic E-state index is 6.10. The van der Waals surface area contributed by atoms with Crippen LogP contribution in [0.15, 0.2) is 11.1 Å². The molecule has 2 bridgehead atoms. The summed E-state index contributed by atoms with van der Waals surface area (Å²) in [5, 5.41) is 0. The van der Waals surface area contributed by atoms with E-state index in [1.807, 2.05) is 13.8 Å². The molecule has 3 rings (SSSR count). The molecule has 17 heavy (non-hydrogen) atoms. The van der Waals surface area contributed by atoms with Gasteiger partial charge >= 0.3 is 0 Å². The fourth-order valence-corrected chi connectivity index (χ4v) is 4.16. The van der Waals surface area contributed by atoms with Crippen LogP contribution in [0.3, 0.4) is 0 Å². The molecule has 0 aromatic carbocycles. The third-order valence-corrected chi connectivity index (χ3v) is 4.79. The van der Waals surface area contributed by atoms with Gasteiger partial charge in [0, 0.05) is 11.0 Å². The highest BCUT2D eigenvalue weighted by Gasteiger charge is 2.70. The highest BCUT2D eigenvalue weighted by Crippen LogP contribution is 2.61. The molecule has 96 valence electrons. The molecule has 0 unspecified atom stereocenters. The van der Waals surface area contributed by atoms with Gasteiger partial charge in [0.15, 0.2) is 5.79 Å². The quantitative estimate of drug-likeness (QED) is 0.724. The summed E-state index contributed by atoms with van der Waals surface area (Å²) < 4.78 is 18.1. The van der Waals surface area contributed by atoms with Crippen molar-refractivity contribution in [3.8, 4) is 0 Å². The lowest BCUT2D eigenvalue weighted by molar-refractivity contribution is -0.158. The van der Waals surface area contributed by atoms with Crippen LogP contribution < -0.4 is 0 Å². The second-order valence-electron chi connectivity index (χ2n) is 5.68. The molecule has 1 saturated carbocycles. The van der Waals surface area contributed by atoms with E-state index in [-0.39, 0.29) is 29.8 Å². The molecule has 2 aliphatic heterocycles. The van der Waals surface area contributed by atoms with Crippen molar-refractivity contribution in [1.82, 2.24) is 0 Å². The molecule has 5 atom stereocenters. The lowest BCUT2D eigenvalue weighted by Crippen LogP contribution is -2.47. The van der Waals surface area contributed by atoms with Gasteiger partial charge in [0.05, 0.1) is 6.10 Å². The third kappa shape index (κ3) is 1.29. The summed E-state index contributed by atoms with van der Waals surface area (Å²) in [7, 11) is 0. The SMILES string of the molecule is CC[C@]12C(=CCl)[C@H](O[C@@H]1C)[C@@H]1OC(C)(C)O[C@@H]12. The van der Waals surface area contributed by atoms with Crippen LogP contribution in [0.4, 0.5) is 0 Å². The smallest absolute Gasteiger partial charge is 0.163 e. The molecule has 3 aliphatic rings. The van der Waals surface area contributed by atoms with Gasteiger partial charge < -0.3 is 14.2 Å². The molecule has 0 aromatic heterocycles. The van der Waals surface area contributed by atoms with Crippen LogP contribution in [-0.4, -0.2) is 30.2 Å². The Morgan fingerprint density at radius 3 is 2.65 bits per heavy atom. The summed E-state index contributed by atoms with van der Waals surface area (Å²) in [6, 6.07) is 0. The monoisotopic (exact) mass is 258 g/mol. The largest absolute Gasteiger partial charge is 0.367 e. The van der Waals surface area contributed by atoms with E-state index >= 15 is 0 Å². The average molecular weight is 259 g/mol. The zero-order valence-corrected chi connectivity index (χ0v) is 11.5. The molecule has 4 heteroatoms. The molecule has 3 nitrogen and oxygen atoms in total. The first-order valence-electron chi connectivity index (χ1n) is 6.28.